The van der Waals surface area contributed by atoms with Gasteiger partial charge in [0.1, 0.15) is 0 Å². The monoisotopic (exact) mass is 401 g/mol. The third kappa shape index (κ3) is 4.56. The van der Waals surface area contributed by atoms with Crippen molar-refractivity contribution in [3.63, 3.8) is 0 Å². The summed E-state index contributed by atoms with van der Waals surface area (Å²) in [6.45, 7) is 5.24. The molecule has 0 aliphatic carbocycles. The maximum Gasteiger partial charge on any atom is 0.337 e. The van der Waals surface area contributed by atoms with Crippen molar-refractivity contribution in [2.45, 2.75) is 33.2 Å². The number of hydrogen-bond donors (Lipinski definition) is 1. The van der Waals surface area contributed by atoms with Gasteiger partial charge < -0.3 is 9.64 Å². The van der Waals surface area contributed by atoms with Gasteiger partial charge in [-0.25, -0.2) is 9.78 Å². The van der Waals surface area contributed by atoms with Gasteiger partial charge in [0.05, 0.1) is 24.9 Å². The maximum absolute atomic E-state index is 12.5. The molecule has 3 rings (SSSR count). The van der Waals surface area contributed by atoms with Crippen molar-refractivity contribution < 1.29 is 19.1 Å². The lowest BCUT2D eigenvalue weighted by Gasteiger charge is -2.26. The molecule has 0 saturated carbocycles. The predicted molar refractivity (Wildman–Crippen MR) is 106 cm³/mol. The number of methoxy groups -OCH3 is 1. The van der Waals surface area contributed by atoms with E-state index in [1.807, 2.05) is 18.7 Å². The summed E-state index contributed by atoms with van der Waals surface area (Å²) in [6.07, 6.45) is 1.22. The van der Waals surface area contributed by atoms with E-state index in [1.165, 1.54) is 24.5 Å². The minimum Gasteiger partial charge on any atom is -0.465 e. The molecule has 1 N–H and O–H groups in total. The van der Waals surface area contributed by atoms with Crippen LogP contribution in [0.25, 0.3) is 0 Å². The molecule has 0 unspecified atom stereocenters. The number of anilines is 1. The molecule has 0 fully saturated rings. The molecular formula is C20H23N3O4S. The van der Waals surface area contributed by atoms with Crippen LogP contribution in [0, 0.1) is 5.92 Å². The summed E-state index contributed by atoms with van der Waals surface area (Å²) in [4.78, 5) is 43.8. The van der Waals surface area contributed by atoms with Gasteiger partial charge in [-0.05, 0) is 24.1 Å². The molecule has 1 aromatic heterocycles. The van der Waals surface area contributed by atoms with Gasteiger partial charge in [0, 0.05) is 29.8 Å². The topological polar surface area (TPSA) is 88.6 Å². The summed E-state index contributed by atoms with van der Waals surface area (Å²) in [6, 6.07) is 6.34. The molecule has 1 aliphatic rings. The van der Waals surface area contributed by atoms with Crippen molar-refractivity contribution in [2.24, 2.45) is 5.92 Å². The van der Waals surface area contributed by atoms with Gasteiger partial charge in [-0.2, -0.15) is 0 Å². The molecule has 1 aliphatic heterocycles. The summed E-state index contributed by atoms with van der Waals surface area (Å²) in [5.74, 6) is -0.361. The van der Waals surface area contributed by atoms with Gasteiger partial charge in [0.15, 0.2) is 5.13 Å². The van der Waals surface area contributed by atoms with Crippen molar-refractivity contribution >= 4 is 34.3 Å². The van der Waals surface area contributed by atoms with Crippen LogP contribution < -0.4 is 5.32 Å². The third-order valence-corrected chi connectivity index (χ3v) is 5.43. The normalized spacial score (nSPS) is 13.2. The first-order valence-corrected chi connectivity index (χ1v) is 9.95. The second-order valence-electron chi connectivity index (χ2n) is 7.08. The Hall–Kier alpha value is -2.74. The number of carbonyl (C=O) groups excluding carboxylic acids is 3. The number of amides is 2. The average Bonchev–Trinajstić information content (AvgIpc) is 3.08. The molecule has 0 radical (unpaired) electrons. The summed E-state index contributed by atoms with van der Waals surface area (Å²) >= 11 is 1.38. The number of carbonyl (C=O) groups is 3. The minimum absolute atomic E-state index is 0.152. The van der Waals surface area contributed by atoms with Gasteiger partial charge in [-0.3, -0.25) is 14.9 Å². The molecule has 2 heterocycles. The average molecular weight is 401 g/mol. The Bertz CT molecular complexity index is 907. The van der Waals surface area contributed by atoms with Crippen molar-refractivity contribution in [1.29, 1.82) is 0 Å². The summed E-state index contributed by atoms with van der Waals surface area (Å²) in [5, 5.41) is 3.29. The molecule has 0 atom stereocenters. The van der Waals surface area contributed by atoms with Crippen molar-refractivity contribution in [1.82, 2.24) is 9.88 Å². The Balaban J connectivity index is 1.69. The van der Waals surface area contributed by atoms with E-state index in [9.17, 15) is 14.4 Å². The zero-order chi connectivity index (χ0) is 20.3. The van der Waals surface area contributed by atoms with E-state index in [4.69, 9.17) is 0 Å². The Labute approximate surface area is 167 Å². The van der Waals surface area contributed by atoms with Crippen LogP contribution in [-0.4, -0.2) is 41.3 Å². The molecule has 0 spiro atoms. The second-order valence-corrected chi connectivity index (χ2v) is 8.16. The SMILES string of the molecule is COC(=O)c1cccc(C(=O)Nc2nc3c(s2)CN(C(=O)CC(C)C)CC3)c1. The van der Waals surface area contributed by atoms with Crippen LogP contribution in [0.3, 0.4) is 0 Å². The zero-order valence-electron chi connectivity index (χ0n) is 16.2. The summed E-state index contributed by atoms with van der Waals surface area (Å²) in [7, 11) is 1.30. The summed E-state index contributed by atoms with van der Waals surface area (Å²) < 4.78 is 4.68. The van der Waals surface area contributed by atoms with Crippen LogP contribution in [0.1, 0.15) is 51.6 Å². The highest BCUT2D eigenvalue weighted by Gasteiger charge is 2.25. The van der Waals surface area contributed by atoms with Gasteiger partial charge in [0.25, 0.3) is 5.91 Å². The number of nitrogens with one attached hydrogen (secondary N) is 1. The molecule has 8 heteroatoms. The summed E-state index contributed by atoms with van der Waals surface area (Å²) in [5.41, 5.74) is 1.59. The van der Waals surface area contributed by atoms with Crippen molar-refractivity contribution in [3.8, 4) is 0 Å². The maximum atomic E-state index is 12.5. The van der Waals surface area contributed by atoms with E-state index in [2.05, 4.69) is 15.0 Å². The number of nitrogens with zero attached hydrogens (tertiary/aromatic N) is 2. The lowest BCUT2D eigenvalue weighted by atomic mass is 10.1. The van der Waals surface area contributed by atoms with E-state index in [0.717, 1.165) is 10.6 Å². The fourth-order valence-electron chi connectivity index (χ4n) is 3.01. The predicted octanol–water partition coefficient (Wildman–Crippen LogP) is 3.11. The quantitative estimate of drug-likeness (QED) is 0.778. The van der Waals surface area contributed by atoms with Crippen molar-refractivity contribution in [2.75, 3.05) is 19.0 Å². The Morgan fingerprint density at radius 3 is 2.75 bits per heavy atom. The fourth-order valence-corrected chi connectivity index (χ4v) is 4.03. The highest BCUT2D eigenvalue weighted by molar-refractivity contribution is 7.15. The van der Waals surface area contributed by atoms with E-state index in [1.54, 1.807) is 18.2 Å². The van der Waals surface area contributed by atoms with Crippen LogP contribution in [0.2, 0.25) is 0 Å². The van der Waals surface area contributed by atoms with Gasteiger partial charge in [-0.15, -0.1) is 0 Å². The smallest absolute Gasteiger partial charge is 0.337 e. The van der Waals surface area contributed by atoms with Crippen LogP contribution in [-0.2, 0) is 22.5 Å². The number of aromatic nitrogens is 1. The minimum atomic E-state index is -0.495. The number of hydrogen-bond acceptors (Lipinski definition) is 6. The van der Waals surface area contributed by atoms with E-state index in [-0.39, 0.29) is 11.8 Å². The van der Waals surface area contributed by atoms with E-state index in [0.29, 0.717) is 48.1 Å². The molecular weight excluding hydrogens is 378 g/mol. The third-order valence-electron chi connectivity index (χ3n) is 4.43. The Morgan fingerprint density at radius 2 is 2.04 bits per heavy atom. The first-order valence-electron chi connectivity index (χ1n) is 9.13. The number of rotatable bonds is 5. The van der Waals surface area contributed by atoms with Crippen LogP contribution in [0.4, 0.5) is 5.13 Å². The standard InChI is InChI=1S/C20H23N3O4S/c1-12(2)9-17(24)23-8-7-15-16(11-23)28-20(21-15)22-18(25)13-5-4-6-14(10-13)19(26)27-3/h4-6,10,12H,7-9,11H2,1-3H3,(H,21,22,25). The highest BCUT2D eigenvalue weighted by atomic mass is 32.1. The number of esters is 1. The lowest BCUT2D eigenvalue weighted by molar-refractivity contribution is -0.132. The van der Waals surface area contributed by atoms with Gasteiger partial charge in [-0.1, -0.05) is 31.3 Å². The van der Waals surface area contributed by atoms with Gasteiger partial charge in [0.2, 0.25) is 5.91 Å². The number of fused-ring (bicyclic) bond motifs is 1. The number of benzene rings is 1. The highest BCUT2D eigenvalue weighted by Crippen LogP contribution is 2.29. The van der Waals surface area contributed by atoms with Crippen LogP contribution in [0.5, 0.6) is 0 Å². The van der Waals surface area contributed by atoms with E-state index < -0.39 is 5.97 Å². The largest absolute Gasteiger partial charge is 0.465 e. The van der Waals surface area contributed by atoms with Crippen LogP contribution in [0.15, 0.2) is 24.3 Å². The van der Waals surface area contributed by atoms with E-state index >= 15 is 0 Å². The Morgan fingerprint density at radius 1 is 1.29 bits per heavy atom. The Kier molecular flexibility index (Phi) is 6.08. The number of ether oxygens (including phenoxy) is 1. The van der Waals surface area contributed by atoms with Crippen molar-refractivity contribution in [3.05, 3.63) is 46.0 Å². The first kappa shape index (κ1) is 20.0. The molecule has 1 aromatic carbocycles. The molecule has 2 amide bonds. The van der Waals surface area contributed by atoms with Crippen LogP contribution >= 0.6 is 11.3 Å². The molecule has 0 bridgehead atoms. The lowest BCUT2D eigenvalue weighted by Crippen LogP contribution is -2.36. The zero-order valence-corrected chi connectivity index (χ0v) is 17.0. The molecule has 0 saturated heterocycles. The molecule has 148 valence electrons. The molecule has 28 heavy (non-hydrogen) atoms. The fraction of sp³-hybridized carbons (Fsp3) is 0.400. The second kappa shape index (κ2) is 8.52. The number of thiazole rings is 1. The molecule has 7 nitrogen and oxygen atoms in total. The first-order chi connectivity index (χ1) is 13.4. The van der Waals surface area contributed by atoms with Gasteiger partial charge >= 0.3 is 5.97 Å². The molecule has 2 aromatic rings.